The SMILES string of the molecule is COc1cc(C)c(S(=O)(=O)N(C)C2CCCNC2)c(C)c1. The number of piperidine rings is 1. The first kappa shape index (κ1) is 16.3. The lowest BCUT2D eigenvalue weighted by molar-refractivity contribution is 0.300. The molecule has 0 aromatic heterocycles. The summed E-state index contributed by atoms with van der Waals surface area (Å²) < 4.78 is 32.6. The van der Waals surface area contributed by atoms with E-state index in [1.807, 2.05) is 13.8 Å². The molecule has 6 heteroatoms. The van der Waals surface area contributed by atoms with Crippen molar-refractivity contribution < 1.29 is 13.2 Å². The first-order chi connectivity index (χ1) is 9.87. The van der Waals surface area contributed by atoms with Gasteiger partial charge in [-0.3, -0.25) is 0 Å². The highest BCUT2D eigenvalue weighted by Gasteiger charge is 2.31. The Hall–Kier alpha value is -1.11. The number of rotatable bonds is 4. The lowest BCUT2D eigenvalue weighted by Crippen LogP contribution is -2.46. The number of likely N-dealkylation sites (N-methyl/N-ethyl adjacent to an activating group) is 1. The van der Waals surface area contributed by atoms with E-state index in [0.29, 0.717) is 17.2 Å². The fourth-order valence-electron chi connectivity index (χ4n) is 2.92. The van der Waals surface area contributed by atoms with Crippen molar-refractivity contribution in [3.05, 3.63) is 23.3 Å². The van der Waals surface area contributed by atoms with Crippen molar-refractivity contribution in [3.8, 4) is 5.75 Å². The van der Waals surface area contributed by atoms with Gasteiger partial charge in [-0.1, -0.05) is 0 Å². The minimum atomic E-state index is -3.49. The summed E-state index contributed by atoms with van der Waals surface area (Å²) >= 11 is 0. The van der Waals surface area contributed by atoms with Crippen LogP contribution < -0.4 is 10.1 Å². The van der Waals surface area contributed by atoms with E-state index in [4.69, 9.17) is 4.74 Å². The Bertz CT molecular complexity index is 584. The van der Waals surface area contributed by atoms with E-state index in [1.54, 1.807) is 26.3 Å². The molecule has 1 fully saturated rings. The summed E-state index contributed by atoms with van der Waals surface area (Å²) in [5, 5.41) is 3.26. The van der Waals surface area contributed by atoms with Crippen LogP contribution in [0.1, 0.15) is 24.0 Å². The zero-order valence-corrected chi connectivity index (χ0v) is 14.0. The Balaban J connectivity index is 2.39. The van der Waals surface area contributed by atoms with Crippen LogP contribution in [0.25, 0.3) is 0 Å². The predicted octanol–water partition coefficient (Wildman–Crippen LogP) is 1.68. The molecular weight excluding hydrogens is 288 g/mol. The van der Waals surface area contributed by atoms with Crippen LogP contribution >= 0.6 is 0 Å². The van der Waals surface area contributed by atoms with Gasteiger partial charge in [0.15, 0.2) is 0 Å². The Kier molecular flexibility index (Phi) is 4.91. The number of nitrogens with one attached hydrogen (secondary N) is 1. The van der Waals surface area contributed by atoms with Crippen molar-refractivity contribution in [2.24, 2.45) is 0 Å². The summed E-state index contributed by atoms with van der Waals surface area (Å²) in [5.41, 5.74) is 1.45. The second kappa shape index (κ2) is 6.34. The monoisotopic (exact) mass is 312 g/mol. The van der Waals surface area contributed by atoms with Gasteiger partial charge in [0.25, 0.3) is 0 Å². The maximum Gasteiger partial charge on any atom is 0.243 e. The van der Waals surface area contributed by atoms with Gasteiger partial charge in [-0.05, 0) is 56.5 Å². The quantitative estimate of drug-likeness (QED) is 0.919. The summed E-state index contributed by atoms with van der Waals surface area (Å²) in [7, 11) is -0.225. The zero-order valence-electron chi connectivity index (χ0n) is 13.1. The molecule has 0 bridgehead atoms. The molecule has 1 atom stereocenters. The largest absolute Gasteiger partial charge is 0.497 e. The van der Waals surface area contributed by atoms with Crippen molar-refractivity contribution in [1.82, 2.24) is 9.62 Å². The average Bonchev–Trinajstić information content (AvgIpc) is 2.46. The molecule has 1 aliphatic rings. The van der Waals surface area contributed by atoms with Gasteiger partial charge in [-0.15, -0.1) is 0 Å². The molecule has 1 N–H and O–H groups in total. The fourth-order valence-corrected chi connectivity index (χ4v) is 4.71. The molecule has 0 spiro atoms. The van der Waals surface area contributed by atoms with Crippen molar-refractivity contribution in [2.45, 2.75) is 37.6 Å². The number of benzene rings is 1. The Morgan fingerprint density at radius 1 is 1.29 bits per heavy atom. The molecule has 1 aromatic rings. The number of hydrogen-bond donors (Lipinski definition) is 1. The first-order valence-electron chi connectivity index (χ1n) is 7.22. The van der Waals surface area contributed by atoms with Gasteiger partial charge < -0.3 is 10.1 Å². The first-order valence-corrected chi connectivity index (χ1v) is 8.66. The van der Waals surface area contributed by atoms with Gasteiger partial charge in [0.1, 0.15) is 5.75 Å². The lowest BCUT2D eigenvalue weighted by atomic mass is 10.1. The lowest BCUT2D eigenvalue weighted by Gasteiger charge is -2.31. The maximum atomic E-state index is 12.9. The number of hydrogen-bond acceptors (Lipinski definition) is 4. The molecule has 0 amide bonds. The summed E-state index contributed by atoms with van der Waals surface area (Å²) in [6.07, 6.45) is 1.90. The maximum absolute atomic E-state index is 12.9. The highest BCUT2D eigenvalue weighted by Crippen LogP contribution is 2.29. The van der Waals surface area contributed by atoms with Crippen LogP contribution in [0.5, 0.6) is 5.75 Å². The van der Waals surface area contributed by atoms with E-state index in [0.717, 1.165) is 30.5 Å². The molecule has 5 nitrogen and oxygen atoms in total. The minimum Gasteiger partial charge on any atom is -0.497 e. The number of aryl methyl sites for hydroxylation is 2. The molecule has 21 heavy (non-hydrogen) atoms. The standard InChI is InChI=1S/C15H24N2O3S/c1-11-8-14(20-4)9-12(2)15(11)21(18,19)17(3)13-6-5-7-16-10-13/h8-9,13,16H,5-7,10H2,1-4H3. The number of ether oxygens (including phenoxy) is 1. The summed E-state index contributed by atoms with van der Waals surface area (Å²) in [6, 6.07) is 3.56. The van der Waals surface area contributed by atoms with Crippen molar-refractivity contribution in [1.29, 1.82) is 0 Å². The minimum absolute atomic E-state index is 0.0182. The van der Waals surface area contributed by atoms with Gasteiger partial charge in [0.05, 0.1) is 12.0 Å². The van der Waals surface area contributed by atoms with Crippen molar-refractivity contribution >= 4 is 10.0 Å². The molecule has 1 heterocycles. The molecule has 0 saturated carbocycles. The van der Waals surface area contributed by atoms with E-state index in [9.17, 15) is 8.42 Å². The van der Waals surface area contributed by atoms with Crippen LogP contribution in [-0.2, 0) is 10.0 Å². The predicted molar refractivity (Wildman–Crippen MR) is 83.3 cm³/mol. The molecule has 1 aromatic carbocycles. The Morgan fingerprint density at radius 3 is 2.38 bits per heavy atom. The van der Waals surface area contributed by atoms with Crippen molar-refractivity contribution in [2.75, 3.05) is 27.2 Å². The van der Waals surface area contributed by atoms with E-state index >= 15 is 0 Å². The van der Waals surface area contributed by atoms with Crippen LogP contribution in [0.2, 0.25) is 0 Å². The third kappa shape index (κ3) is 3.22. The van der Waals surface area contributed by atoms with Crippen molar-refractivity contribution in [3.63, 3.8) is 0 Å². The summed E-state index contributed by atoms with van der Waals surface area (Å²) in [4.78, 5) is 0.399. The highest BCUT2D eigenvalue weighted by molar-refractivity contribution is 7.89. The molecule has 1 unspecified atom stereocenters. The van der Waals surface area contributed by atoms with Gasteiger partial charge in [0, 0.05) is 19.6 Å². The van der Waals surface area contributed by atoms with E-state index in [1.165, 1.54) is 4.31 Å². The van der Waals surface area contributed by atoms with Crippen LogP contribution in [-0.4, -0.2) is 46.0 Å². The number of nitrogens with zero attached hydrogens (tertiary/aromatic N) is 1. The third-order valence-corrected chi connectivity index (χ3v) is 6.31. The normalized spacial score (nSPS) is 19.8. The number of sulfonamides is 1. The molecule has 0 aliphatic carbocycles. The second-order valence-corrected chi connectivity index (χ2v) is 7.55. The van der Waals surface area contributed by atoms with E-state index in [2.05, 4.69) is 5.32 Å². The molecule has 1 aliphatic heterocycles. The smallest absolute Gasteiger partial charge is 0.243 e. The fraction of sp³-hybridized carbons (Fsp3) is 0.600. The number of methoxy groups -OCH3 is 1. The van der Waals surface area contributed by atoms with Crippen LogP contribution in [0.3, 0.4) is 0 Å². The highest BCUT2D eigenvalue weighted by atomic mass is 32.2. The van der Waals surface area contributed by atoms with Crippen LogP contribution in [0.15, 0.2) is 17.0 Å². The summed E-state index contributed by atoms with van der Waals surface area (Å²) in [6.45, 7) is 5.31. The molecule has 2 rings (SSSR count). The molecular formula is C15H24N2O3S. The Labute approximate surface area is 127 Å². The van der Waals surface area contributed by atoms with Gasteiger partial charge in [0.2, 0.25) is 10.0 Å². The molecule has 0 radical (unpaired) electrons. The third-order valence-electron chi connectivity index (χ3n) is 4.09. The van der Waals surface area contributed by atoms with E-state index in [-0.39, 0.29) is 6.04 Å². The van der Waals surface area contributed by atoms with Crippen LogP contribution in [0.4, 0.5) is 0 Å². The van der Waals surface area contributed by atoms with E-state index < -0.39 is 10.0 Å². The molecule has 1 saturated heterocycles. The zero-order chi connectivity index (χ0) is 15.6. The van der Waals surface area contributed by atoms with Gasteiger partial charge in [-0.2, -0.15) is 4.31 Å². The topological polar surface area (TPSA) is 58.6 Å². The second-order valence-electron chi connectivity index (χ2n) is 5.61. The van der Waals surface area contributed by atoms with Gasteiger partial charge >= 0.3 is 0 Å². The molecule has 118 valence electrons. The van der Waals surface area contributed by atoms with Gasteiger partial charge in [-0.25, -0.2) is 8.42 Å². The van der Waals surface area contributed by atoms with Crippen LogP contribution in [0, 0.1) is 13.8 Å². The summed E-state index contributed by atoms with van der Waals surface area (Å²) in [5.74, 6) is 0.686. The average molecular weight is 312 g/mol. The Morgan fingerprint density at radius 2 is 1.90 bits per heavy atom.